The largest absolute Gasteiger partial charge is 0.756 e. The second kappa shape index (κ2) is 42.5. The van der Waals surface area contributed by atoms with E-state index in [1.54, 1.807) is 0 Å². The van der Waals surface area contributed by atoms with Crippen LogP contribution in [0.4, 0.5) is 0 Å². The first-order valence-corrected chi connectivity index (χ1v) is 27.0. The van der Waals surface area contributed by atoms with Crippen LogP contribution in [0.3, 0.4) is 0 Å². The van der Waals surface area contributed by atoms with Gasteiger partial charge in [-0.2, -0.15) is 0 Å². The Morgan fingerprint density at radius 1 is 0.576 bits per heavy atom. The van der Waals surface area contributed by atoms with Gasteiger partial charge in [-0.1, -0.05) is 219 Å². The van der Waals surface area contributed by atoms with Crippen LogP contribution in [0.2, 0.25) is 0 Å². The number of phosphoric ester groups is 1. The lowest BCUT2D eigenvalue weighted by atomic mass is 10.0. The van der Waals surface area contributed by atoms with Gasteiger partial charge in [0.15, 0.2) is 0 Å². The van der Waals surface area contributed by atoms with Gasteiger partial charge in [-0.15, -0.1) is 0 Å². The molecule has 0 saturated heterocycles. The van der Waals surface area contributed by atoms with Gasteiger partial charge in [0.25, 0.3) is 7.82 Å². The summed E-state index contributed by atoms with van der Waals surface area (Å²) in [5, 5.41) is 14.0. The predicted molar refractivity (Wildman–Crippen MR) is 252 cm³/mol. The molecule has 0 spiro atoms. The van der Waals surface area contributed by atoms with Crippen LogP contribution in [0.15, 0.2) is 12.2 Å². The topological polar surface area (TPSA) is 108 Å². The Morgan fingerprint density at radius 2 is 0.932 bits per heavy atom. The van der Waals surface area contributed by atoms with E-state index in [0.717, 1.165) is 38.5 Å². The van der Waals surface area contributed by atoms with E-state index >= 15 is 0 Å². The molecule has 0 aromatic carbocycles. The highest BCUT2D eigenvalue weighted by atomic mass is 31.2. The quantitative estimate of drug-likeness (QED) is 0.0273. The van der Waals surface area contributed by atoms with Gasteiger partial charge in [0.2, 0.25) is 5.91 Å². The number of carbonyl (C=O) groups excluding carboxylic acids is 1. The van der Waals surface area contributed by atoms with E-state index in [4.69, 9.17) is 9.05 Å². The molecular weight excluding hydrogens is 756 g/mol. The Morgan fingerprint density at radius 3 is 1.32 bits per heavy atom. The number of likely N-dealkylation sites (N-methyl/N-ethyl adjacent to an activating group) is 1. The lowest BCUT2D eigenvalue weighted by Gasteiger charge is -2.30. The molecule has 0 bridgehead atoms. The molecule has 0 rings (SSSR count). The molecule has 59 heavy (non-hydrogen) atoms. The van der Waals surface area contributed by atoms with Gasteiger partial charge in [0.05, 0.1) is 39.9 Å². The number of nitrogens with zero attached hydrogens (tertiary/aromatic N) is 1. The summed E-state index contributed by atoms with van der Waals surface area (Å²) in [7, 11) is 1.31. The van der Waals surface area contributed by atoms with E-state index in [9.17, 15) is 19.4 Å². The van der Waals surface area contributed by atoms with Crippen molar-refractivity contribution >= 4 is 13.7 Å². The van der Waals surface area contributed by atoms with Crippen LogP contribution in [0.5, 0.6) is 0 Å². The van der Waals surface area contributed by atoms with Gasteiger partial charge in [-0.25, -0.2) is 0 Å². The van der Waals surface area contributed by atoms with E-state index in [2.05, 4.69) is 31.3 Å². The summed E-state index contributed by atoms with van der Waals surface area (Å²) >= 11 is 0. The maximum Gasteiger partial charge on any atom is 0.268 e. The van der Waals surface area contributed by atoms with Crippen LogP contribution in [0.1, 0.15) is 251 Å². The molecule has 0 aromatic heterocycles. The van der Waals surface area contributed by atoms with Crippen molar-refractivity contribution in [3.05, 3.63) is 12.2 Å². The molecule has 8 nitrogen and oxygen atoms in total. The van der Waals surface area contributed by atoms with Crippen molar-refractivity contribution in [2.75, 3.05) is 40.9 Å². The maximum absolute atomic E-state index is 12.9. The predicted octanol–water partition coefficient (Wildman–Crippen LogP) is 14.1. The number of quaternary nitrogens is 1. The second-order valence-electron chi connectivity index (χ2n) is 18.9. The molecule has 0 aromatic rings. The average Bonchev–Trinajstić information content (AvgIpc) is 3.19. The summed E-state index contributed by atoms with van der Waals surface area (Å²) in [6.07, 6.45) is 49.4. The van der Waals surface area contributed by atoms with Crippen LogP contribution < -0.4 is 10.2 Å². The van der Waals surface area contributed by atoms with Crippen molar-refractivity contribution in [1.82, 2.24) is 5.32 Å². The molecule has 0 radical (unpaired) electrons. The fraction of sp³-hybridized carbons (Fsp3) is 0.940. The number of aliphatic hydroxyl groups excluding tert-OH is 1. The van der Waals surface area contributed by atoms with E-state index in [-0.39, 0.29) is 19.1 Å². The zero-order valence-corrected chi connectivity index (χ0v) is 40.9. The number of hydrogen-bond donors (Lipinski definition) is 2. The van der Waals surface area contributed by atoms with Crippen LogP contribution in [-0.4, -0.2) is 68.5 Å². The number of allylic oxidation sites excluding steroid dienone is 2. The lowest BCUT2D eigenvalue weighted by molar-refractivity contribution is -0.870. The van der Waals surface area contributed by atoms with Gasteiger partial charge in [0.1, 0.15) is 13.2 Å². The first kappa shape index (κ1) is 58.2. The minimum Gasteiger partial charge on any atom is -0.756 e. The fourth-order valence-corrected chi connectivity index (χ4v) is 8.41. The normalized spacial score (nSPS) is 14.2. The van der Waals surface area contributed by atoms with Crippen molar-refractivity contribution in [3.8, 4) is 0 Å². The zero-order chi connectivity index (χ0) is 43.6. The summed E-state index contributed by atoms with van der Waals surface area (Å²) < 4.78 is 23.3. The number of nitrogens with one attached hydrogen (secondary N) is 1. The molecule has 1 amide bonds. The summed E-state index contributed by atoms with van der Waals surface area (Å²) in [5.41, 5.74) is 0. The maximum atomic E-state index is 12.9. The Hall–Kier alpha value is -0.760. The Balaban J connectivity index is 4.19. The molecule has 3 atom stereocenters. The third-order valence-corrected chi connectivity index (χ3v) is 12.7. The molecule has 2 N–H and O–H groups in total. The number of hydrogen-bond acceptors (Lipinski definition) is 6. The number of aliphatic hydroxyl groups is 1. The number of unbranched alkanes of at least 4 members (excludes halogenated alkanes) is 32. The van der Waals surface area contributed by atoms with Crippen LogP contribution >= 0.6 is 7.82 Å². The van der Waals surface area contributed by atoms with Gasteiger partial charge in [-0.3, -0.25) is 9.36 Å². The summed E-state index contributed by atoms with van der Waals surface area (Å²) in [4.78, 5) is 25.4. The van der Waals surface area contributed by atoms with Crippen molar-refractivity contribution in [1.29, 1.82) is 0 Å². The Kier molecular flexibility index (Phi) is 42.0. The number of phosphoric acid groups is 1. The molecular formula is C50H101N2O6P. The van der Waals surface area contributed by atoms with Crippen molar-refractivity contribution in [2.24, 2.45) is 0 Å². The van der Waals surface area contributed by atoms with Crippen molar-refractivity contribution in [3.63, 3.8) is 0 Å². The lowest BCUT2D eigenvalue weighted by Crippen LogP contribution is -2.46. The van der Waals surface area contributed by atoms with Crippen molar-refractivity contribution < 1.29 is 32.9 Å². The van der Waals surface area contributed by atoms with Gasteiger partial charge < -0.3 is 28.8 Å². The fourth-order valence-electron chi connectivity index (χ4n) is 7.68. The first-order valence-electron chi connectivity index (χ1n) is 25.5. The van der Waals surface area contributed by atoms with Gasteiger partial charge >= 0.3 is 0 Å². The highest BCUT2D eigenvalue weighted by Gasteiger charge is 2.24. The molecule has 0 fully saturated rings. The third-order valence-electron chi connectivity index (χ3n) is 11.8. The molecule has 352 valence electrons. The highest BCUT2D eigenvalue weighted by molar-refractivity contribution is 7.45. The standard InChI is InChI=1S/C50H101N2O6P/c1-6-8-10-12-14-16-18-20-22-23-24-25-26-27-28-29-30-32-34-36-38-40-42-44-50(54)51-48(47-58-59(55,56)57-46-45-52(3,4)5)49(53)43-41-39-37-35-33-31-21-19-17-15-13-11-9-7-2/h23-24,48-49,53H,6-22,25-47H2,1-5H3,(H-,51,54,55,56)/b24-23-. The second-order valence-corrected chi connectivity index (χ2v) is 20.3. The van der Waals surface area contributed by atoms with E-state index in [1.807, 2.05) is 21.1 Å². The SMILES string of the molecule is CCCCCCCCCC/C=C\CCCCCCCCCCCCCC(=O)NC(COP(=O)([O-])OCC[N+](C)(C)C)C(O)CCCCCCCCCCCCCCCC. The van der Waals surface area contributed by atoms with Crippen LogP contribution in [0.25, 0.3) is 0 Å². The molecule has 9 heteroatoms. The third kappa shape index (κ3) is 45.1. The van der Waals surface area contributed by atoms with Gasteiger partial charge in [-0.05, 0) is 38.5 Å². The minimum absolute atomic E-state index is 0.0143. The Bertz CT molecular complexity index is 974. The first-order chi connectivity index (χ1) is 28.5. The molecule has 0 aliphatic rings. The van der Waals surface area contributed by atoms with E-state index in [0.29, 0.717) is 23.9 Å². The summed E-state index contributed by atoms with van der Waals surface area (Å²) in [6, 6.07) is -0.797. The molecule has 0 saturated carbocycles. The number of carbonyl (C=O) groups is 1. The van der Waals surface area contributed by atoms with Crippen molar-refractivity contribution in [2.45, 2.75) is 264 Å². The minimum atomic E-state index is -4.56. The smallest absolute Gasteiger partial charge is 0.268 e. The molecule has 0 heterocycles. The van der Waals surface area contributed by atoms with E-state index < -0.39 is 20.0 Å². The highest BCUT2D eigenvalue weighted by Crippen LogP contribution is 2.38. The zero-order valence-electron chi connectivity index (χ0n) is 40.0. The summed E-state index contributed by atoms with van der Waals surface area (Å²) in [6.45, 7) is 4.74. The monoisotopic (exact) mass is 857 g/mol. The molecule has 3 unspecified atom stereocenters. The average molecular weight is 857 g/mol. The molecule has 0 aliphatic carbocycles. The summed E-state index contributed by atoms with van der Waals surface area (Å²) in [5.74, 6) is -0.163. The van der Waals surface area contributed by atoms with Crippen LogP contribution in [0, 0.1) is 0 Å². The molecule has 0 aliphatic heterocycles. The van der Waals surface area contributed by atoms with E-state index in [1.165, 1.54) is 186 Å². The number of amides is 1. The van der Waals surface area contributed by atoms with Gasteiger partial charge in [0, 0.05) is 6.42 Å². The number of rotatable bonds is 47. The van der Waals surface area contributed by atoms with Crippen LogP contribution in [-0.2, 0) is 18.4 Å². The Labute approximate surface area is 367 Å².